The highest BCUT2D eigenvalue weighted by molar-refractivity contribution is 6.14. The van der Waals surface area contributed by atoms with Gasteiger partial charge < -0.3 is 5.32 Å². The van der Waals surface area contributed by atoms with E-state index in [4.69, 9.17) is 0 Å². The number of benzene rings is 1. The van der Waals surface area contributed by atoms with Crippen molar-refractivity contribution in [2.75, 3.05) is 5.32 Å². The van der Waals surface area contributed by atoms with Crippen LogP contribution in [0.15, 0.2) is 43.0 Å². The summed E-state index contributed by atoms with van der Waals surface area (Å²) in [5.74, 6) is 0. The molecular formula is C9H13NSi. The van der Waals surface area contributed by atoms with Crippen LogP contribution in [-0.2, 0) is 0 Å². The van der Waals surface area contributed by atoms with Crippen molar-refractivity contribution in [3.05, 3.63) is 43.0 Å². The first kappa shape index (κ1) is 8.08. The molecule has 0 spiro atoms. The Morgan fingerprint density at radius 3 is 2.55 bits per heavy atom. The highest BCUT2D eigenvalue weighted by atomic mass is 28.1. The van der Waals surface area contributed by atoms with Gasteiger partial charge in [-0.05, 0) is 12.1 Å². The lowest BCUT2D eigenvalue weighted by Crippen LogP contribution is -2.15. The van der Waals surface area contributed by atoms with E-state index >= 15 is 0 Å². The van der Waals surface area contributed by atoms with Gasteiger partial charge in [-0.2, -0.15) is 0 Å². The van der Waals surface area contributed by atoms with E-state index in [9.17, 15) is 0 Å². The number of para-hydroxylation sites is 1. The molecule has 58 valence electrons. The third kappa shape index (κ3) is 2.59. The fourth-order valence-electron chi connectivity index (χ4n) is 0.856. The molecule has 0 bridgehead atoms. The molecule has 0 heterocycles. The summed E-state index contributed by atoms with van der Waals surface area (Å²) in [6.07, 6.45) is 1.94. The summed E-state index contributed by atoms with van der Waals surface area (Å²) in [5, 5.41) is 3.34. The maximum Gasteiger partial charge on any atom is 0.0357 e. The molecule has 1 aromatic carbocycles. The van der Waals surface area contributed by atoms with Crippen molar-refractivity contribution in [2.45, 2.75) is 5.67 Å². The Kier molecular flexibility index (Phi) is 2.92. The molecule has 11 heavy (non-hydrogen) atoms. The summed E-state index contributed by atoms with van der Waals surface area (Å²) < 4.78 is 0. The van der Waals surface area contributed by atoms with Gasteiger partial charge in [-0.3, -0.25) is 0 Å². The van der Waals surface area contributed by atoms with Crippen molar-refractivity contribution < 1.29 is 0 Å². The molecule has 0 radical (unpaired) electrons. The third-order valence-corrected chi connectivity index (χ3v) is 2.28. The average molecular weight is 163 g/mol. The predicted octanol–water partition coefficient (Wildman–Crippen LogP) is 0.976. The van der Waals surface area contributed by atoms with Crippen LogP contribution in [0.2, 0.25) is 0 Å². The molecule has 1 nitrogen and oxygen atoms in total. The second kappa shape index (κ2) is 3.98. The van der Waals surface area contributed by atoms with Gasteiger partial charge in [-0.1, -0.05) is 24.3 Å². The molecule has 0 fully saturated rings. The molecule has 0 saturated carbocycles. The van der Waals surface area contributed by atoms with Crippen LogP contribution in [0, 0.1) is 0 Å². The van der Waals surface area contributed by atoms with Crippen LogP contribution < -0.4 is 5.32 Å². The molecule has 0 aromatic heterocycles. The summed E-state index contributed by atoms with van der Waals surface area (Å²) >= 11 is 0. The number of hydrogen-bond donors (Lipinski definition) is 1. The van der Waals surface area contributed by atoms with Gasteiger partial charge in [-0.15, -0.1) is 6.58 Å². The lowest BCUT2D eigenvalue weighted by atomic mass is 10.3. The van der Waals surface area contributed by atoms with Crippen LogP contribution in [0.5, 0.6) is 0 Å². The minimum atomic E-state index is 0.470. The molecule has 0 amide bonds. The molecule has 1 unspecified atom stereocenters. The maximum absolute atomic E-state index is 3.73. The van der Waals surface area contributed by atoms with E-state index in [0.29, 0.717) is 5.67 Å². The second-order valence-electron chi connectivity index (χ2n) is 2.53. The number of rotatable bonds is 3. The summed E-state index contributed by atoms with van der Waals surface area (Å²) in [5.41, 5.74) is 1.64. The summed E-state index contributed by atoms with van der Waals surface area (Å²) in [7, 11) is 1.10. The topological polar surface area (TPSA) is 12.0 Å². The van der Waals surface area contributed by atoms with Crippen molar-refractivity contribution in [1.82, 2.24) is 0 Å². The number of anilines is 1. The zero-order valence-electron chi connectivity index (χ0n) is 6.75. The van der Waals surface area contributed by atoms with Crippen molar-refractivity contribution in [2.24, 2.45) is 0 Å². The highest BCUT2D eigenvalue weighted by Gasteiger charge is 1.93. The Balaban J connectivity index is 2.57. The fourth-order valence-corrected chi connectivity index (χ4v) is 1.19. The third-order valence-electron chi connectivity index (χ3n) is 1.52. The van der Waals surface area contributed by atoms with Gasteiger partial charge in [0.25, 0.3) is 0 Å². The van der Waals surface area contributed by atoms with Crippen LogP contribution in [-0.4, -0.2) is 15.9 Å². The zero-order chi connectivity index (χ0) is 8.10. The van der Waals surface area contributed by atoms with E-state index in [1.165, 1.54) is 5.69 Å². The van der Waals surface area contributed by atoms with Gasteiger partial charge in [0, 0.05) is 21.6 Å². The van der Waals surface area contributed by atoms with Gasteiger partial charge in [0.15, 0.2) is 0 Å². The van der Waals surface area contributed by atoms with Gasteiger partial charge >= 0.3 is 0 Å². The maximum atomic E-state index is 3.73. The summed E-state index contributed by atoms with van der Waals surface area (Å²) in [4.78, 5) is 0. The number of hydrogen-bond acceptors (Lipinski definition) is 1. The largest absolute Gasteiger partial charge is 0.383 e. The molecular weight excluding hydrogens is 150 g/mol. The quantitative estimate of drug-likeness (QED) is 0.517. The van der Waals surface area contributed by atoms with Gasteiger partial charge in [0.05, 0.1) is 0 Å². The molecule has 0 aliphatic heterocycles. The zero-order valence-corrected chi connectivity index (χ0v) is 8.75. The molecule has 0 saturated heterocycles. The molecule has 2 heteroatoms. The van der Waals surface area contributed by atoms with Crippen LogP contribution in [0.4, 0.5) is 5.69 Å². The highest BCUT2D eigenvalue weighted by Crippen LogP contribution is 2.05. The van der Waals surface area contributed by atoms with Crippen LogP contribution in [0.25, 0.3) is 0 Å². The van der Waals surface area contributed by atoms with Crippen molar-refractivity contribution in [3.8, 4) is 0 Å². The van der Waals surface area contributed by atoms with Gasteiger partial charge in [0.2, 0.25) is 0 Å². The van der Waals surface area contributed by atoms with Gasteiger partial charge in [0.1, 0.15) is 0 Å². The lowest BCUT2D eigenvalue weighted by molar-refractivity contribution is 1.24. The first-order valence-electron chi connectivity index (χ1n) is 3.77. The predicted molar refractivity (Wildman–Crippen MR) is 54.0 cm³/mol. The Labute approximate surface area is 70.6 Å². The average Bonchev–Trinajstić information content (AvgIpc) is 2.06. The van der Waals surface area contributed by atoms with E-state index in [-0.39, 0.29) is 0 Å². The molecule has 1 N–H and O–H groups in total. The van der Waals surface area contributed by atoms with E-state index in [0.717, 1.165) is 10.2 Å². The molecule has 1 atom stereocenters. The molecule has 0 aliphatic rings. The second-order valence-corrected chi connectivity index (χ2v) is 3.78. The van der Waals surface area contributed by atoms with E-state index in [1.807, 2.05) is 24.3 Å². The SMILES string of the molecule is C=CC([SiH3])Nc1ccccc1. The van der Waals surface area contributed by atoms with E-state index in [2.05, 4.69) is 24.0 Å². The lowest BCUT2D eigenvalue weighted by Gasteiger charge is -2.09. The fraction of sp³-hybridized carbons (Fsp3) is 0.111. The van der Waals surface area contributed by atoms with Crippen molar-refractivity contribution in [1.29, 1.82) is 0 Å². The van der Waals surface area contributed by atoms with Crippen molar-refractivity contribution in [3.63, 3.8) is 0 Å². The summed E-state index contributed by atoms with van der Waals surface area (Å²) in [6.45, 7) is 3.73. The van der Waals surface area contributed by atoms with Crippen molar-refractivity contribution >= 4 is 15.9 Å². The summed E-state index contributed by atoms with van der Waals surface area (Å²) in [6, 6.07) is 10.2. The monoisotopic (exact) mass is 163 g/mol. The standard InChI is InChI=1S/C9H13NSi/c1-2-9(11)10-8-6-4-3-5-7-8/h2-7,9-10H,1H2,11H3. The van der Waals surface area contributed by atoms with E-state index < -0.39 is 0 Å². The van der Waals surface area contributed by atoms with Crippen LogP contribution >= 0.6 is 0 Å². The first-order valence-corrected chi connectivity index (χ1v) is 4.92. The smallest absolute Gasteiger partial charge is 0.0357 e. The van der Waals surface area contributed by atoms with E-state index in [1.54, 1.807) is 0 Å². The Morgan fingerprint density at radius 2 is 2.00 bits per heavy atom. The Hall–Kier alpha value is -1.02. The Bertz CT molecular complexity index is 220. The minimum Gasteiger partial charge on any atom is -0.383 e. The molecule has 0 aliphatic carbocycles. The molecule has 1 rings (SSSR count). The minimum absolute atomic E-state index is 0.470. The Morgan fingerprint density at radius 1 is 1.36 bits per heavy atom. The number of nitrogens with one attached hydrogen (secondary N) is 1. The van der Waals surface area contributed by atoms with Crippen LogP contribution in [0.3, 0.4) is 0 Å². The normalized spacial score (nSPS) is 12.4. The van der Waals surface area contributed by atoms with Crippen LogP contribution in [0.1, 0.15) is 0 Å². The molecule has 1 aromatic rings. The van der Waals surface area contributed by atoms with Gasteiger partial charge in [-0.25, -0.2) is 0 Å². The first-order chi connectivity index (χ1) is 5.33.